The molecule has 0 radical (unpaired) electrons. The monoisotopic (exact) mass is 284 g/mol. The van der Waals surface area contributed by atoms with Gasteiger partial charge >= 0.3 is 5.97 Å². The molecule has 0 amide bonds. The van der Waals surface area contributed by atoms with E-state index in [0.717, 1.165) is 0 Å². The SMILES string of the molecule is COc1cc(C(NCCN)C(=O)O)cc(OC)c1OC. The highest BCUT2D eigenvalue weighted by Crippen LogP contribution is 2.39. The van der Waals surface area contributed by atoms with Crippen molar-refractivity contribution in [2.45, 2.75) is 6.04 Å². The first kappa shape index (κ1) is 16.1. The number of nitrogens with two attached hydrogens (primary N) is 1. The summed E-state index contributed by atoms with van der Waals surface area (Å²) >= 11 is 0. The Bertz CT molecular complexity index is 439. The standard InChI is InChI=1S/C13H20N2O5/c1-18-9-6-8(7-10(19-2)12(9)20-3)11(13(16)17)15-5-4-14/h6-7,11,15H,4-5,14H2,1-3H3,(H,16,17). The van der Waals surface area contributed by atoms with Gasteiger partial charge in [-0.15, -0.1) is 0 Å². The molecule has 4 N–H and O–H groups in total. The van der Waals surface area contributed by atoms with Gasteiger partial charge in [-0.1, -0.05) is 0 Å². The van der Waals surface area contributed by atoms with Crippen molar-refractivity contribution in [2.24, 2.45) is 5.73 Å². The number of methoxy groups -OCH3 is 3. The summed E-state index contributed by atoms with van der Waals surface area (Å²) in [6.07, 6.45) is 0. The summed E-state index contributed by atoms with van der Waals surface area (Å²) in [6, 6.07) is 2.31. The Balaban J connectivity index is 3.24. The maximum Gasteiger partial charge on any atom is 0.325 e. The first-order valence-electron chi connectivity index (χ1n) is 6.05. The minimum Gasteiger partial charge on any atom is -0.493 e. The Morgan fingerprint density at radius 3 is 2.15 bits per heavy atom. The molecule has 1 atom stereocenters. The average Bonchev–Trinajstić information content (AvgIpc) is 2.45. The molecule has 1 unspecified atom stereocenters. The minimum absolute atomic E-state index is 0.341. The highest BCUT2D eigenvalue weighted by atomic mass is 16.5. The molecule has 1 aromatic carbocycles. The van der Waals surface area contributed by atoms with Gasteiger partial charge in [0, 0.05) is 13.1 Å². The molecule has 0 aromatic heterocycles. The Labute approximate surface area is 117 Å². The quantitative estimate of drug-likeness (QED) is 0.634. The van der Waals surface area contributed by atoms with Crippen LogP contribution in [-0.2, 0) is 4.79 Å². The number of aliphatic carboxylic acids is 1. The first-order valence-corrected chi connectivity index (χ1v) is 6.05. The van der Waals surface area contributed by atoms with E-state index < -0.39 is 12.0 Å². The average molecular weight is 284 g/mol. The van der Waals surface area contributed by atoms with E-state index in [4.69, 9.17) is 19.9 Å². The summed E-state index contributed by atoms with van der Waals surface area (Å²) in [7, 11) is 4.44. The van der Waals surface area contributed by atoms with Crippen LogP contribution >= 0.6 is 0 Å². The van der Waals surface area contributed by atoms with Crippen molar-refractivity contribution in [1.29, 1.82) is 0 Å². The largest absolute Gasteiger partial charge is 0.493 e. The van der Waals surface area contributed by atoms with Crippen LogP contribution in [0.25, 0.3) is 0 Å². The van der Waals surface area contributed by atoms with Crippen molar-refractivity contribution < 1.29 is 24.1 Å². The normalized spacial score (nSPS) is 11.8. The van der Waals surface area contributed by atoms with Gasteiger partial charge in [0.05, 0.1) is 21.3 Å². The predicted molar refractivity (Wildman–Crippen MR) is 73.5 cm³/mol. The molecule has 0 spiro atoms. The van der Waals surface area contributed by atoms with Crippen molar-refractivity contribution >= 4 is 5.97 Å². The van der Waals surface area contributed by atoms with Gasteiger partial charge in [-0.05, 0) is 17.7 Å². The van der Waals surface area contributed by atoms with Crippen LogP contribution < -0.4 is 25.3 Å². The third-order valence-corrected chi connectivity index (χ3v) is 2.76. The van der Waals surface area contributed by atoms with Gasteiger partial charge in [0.2, 0.25) is 5.75 Å². The molecule has 0 aliphatic rings. The summed E-state index contributed by atoms with van der Waals surface area (Å²) in [4.78, 5) is 11.3. The number of ether oxygens (including phenoxy) is 3. The lowest BCUT2D eigenvalue weighted by atomic mass is 10.1. The van der Waals surface area contributed by atoms with Crippen LogP contribution in [0, 0.1) is 0 Å². The molecule has 112 valence electrons. The fourth-order valence-corrected chi connectivity index (χ4v) is 1.84. The first-order chi connectivity index (χ1) is 9.58. The van der Waals surface area contributed by atoms with Crippen molar-refractivity contribution in [1.82, 2.24) is 5.32 Å². The molecule has 0 saturated heterocycles. The van der Waals surface area contributed by atoms with Gasteiger partial charge in [0.15, 0.2) is 11.5 Å². The molecule has 7 nitrogen and oxygen atoms in total. The fourth-order valence-electron chi connectivity index (χ4n) is 1.84. The lowest BCUT2D eigenvalue weighted by Gasteiger charge is -2.18. The summed E-state index contributed by atoms with van der Waals surface area (Å²) < 4.78 is 15.6. The van der Waals surface area contributed by atoms with Gasteiger partial charge in [0.1, 0.15) is 6.04 Å². The number of rotatable bonds is 8. The molecule has 0 saturated carbocycles. The third kappa shape index (κ3) is 3.52. The zero-order chi connectivity index (χ0) is 15.1. The van der Waals surface area contributed by atoms with Crippen LogP contribution in [0.4, 0.5) is 0 Å². The van der Waals surface area contributed by atoms with E-state index in [1.54, 1.807) is 12.1 Å². The minimum atomic E-state index is -1.01. The van der Waals surface area contributed by atoms with E-state index in [1.807, 2.05) is 0 Å². The molecule has 7 heteroatoms. The van der Waals surface area contributed by atoms with Crippen LogP contribution in [0.1, 0.15) is 11.6 Å². The summed E-state index contributed by atoms with van der Waals surface area (Å²) in [5.41, 5.74) is 5.89. The van der Waals surface area contributed by atoms with Crippen LogP contribution in [0.3, 0.4) is 0 Å². The topological polar surface area (TPSA) is 103 Å². The Morgan fingerprint density at radius 1 is 1.25 bits per heavy atom. The molecular weight excluding hydrogens is 264 g/mol. The second-order valence-corrected chi connectivity index (χ2v) is 3.97. The van der Waals surface area contributed by atoms with E-state index >= 15 is 0 Å². The summed E-state index contributed by atoms with van der Waals surface area (Å²) in [6.45, 7) is 0.724. The summed E-state index contributed by atoms with van der Waals surface area (Å²) in [5.74, 6) is 0.222. The molecule has 0 aliphatic carbocycles. The van der Waals surface area contributed by atoms with Gasteiger partial charge < -0.3 is 25.1 Å². The number of carboxylic acid groups (broad SMARTS) is 1. The Hall–Kier alpha value is -1.99. The molecule has 0 aliphatic heterocycles. The number of benzene rings is 1. The molecule has 1 rings (SSSR count). The van der Waals surface area contributed by atoms with Gasteiger partial charge in [-0.3, -0.25) is 10.1 Å². The van der Waals surface area contributed by atoms with Crippen LogP contribution in [-0.4, -0.2) is 45.5 Å². The highest BCUT2D eigenvalue weighted by Gasteiger charge is 2.23. The number of nitrogens with one attached hydrogen (secondary N) is 1. The van der Waals surface area contributed by atoms with E-state index in [9.17, 15) is 9.90 Å². The lowest BCUT2D eigenvalue weighted by molar-refractivity contribution is -0.139. The Morgan fingerprint density at radius 2 is 1.80 bits per heavy atom. The zero-order valence-electron chi connectivity index (χ0n) is 11.8. The molecular formula is C13H20N2O5. The molecule has 1 aromatic rings. The van der Waals surface area contributed by atoms with Gasteiger partial charge in [0.25, 0.3) is 0 Å². The van der Waals surface area contributed by atoms with Crippen LogP contribution in [0.5, 0.6) is 17.2 Å². The summed E-state index contributed by atoms with van der Waals surface area (Å²) in [5, 5.41) is 12.1. The lowest BCUT2D eigenvalue weighted by Crippen LogP contribution is -2.32. The van der Waals surface area contributed by atoms with Crippen molar-refractivity contribution in [3.8, 4) is 17.2 Å². The number of carbonyl (C=O) groups is 1. The maximum atomic E-state index is 11.3. The fraction of sp³-hybridized carbons (Fsp3) is 0.462. The Kier molecular flexibility index (Phi) is 6.08. The predicted octanol–water partition coefficient (Wildman–Crippen LogP) is 0.386. The van der Waals surface area contributed by atoms with Crippen LogP contribution in [0.2, 0.25) is 0 Å². The molecule has 20 heavy (non-hydrogen) atoms. The zero-order valence-corrected chi connectivity index (χ0v) is 11.8. The maximum absolute atomic E-state index is 11.3. The number of hydrogen-bond donors (Lipinski definition) is 3. The highest BCUT2D eigenvalue weighted by molar-refractivity contribution is 5.76. The van der Waals surface area contributed by atoms with Crippen molar-refractivity contribution in [2.75, 3.05) is 34.4 Å². The number of hydrogen-bond acceptors (Lipinski definition) is 6. The molecule has 0 bridgehead atoms. The van der Waals surface area contributed by atoms with E-state index in [2.05, 4.69) is 5.32 Å². The smallest absolute Gasteiger partial charge is 0.325 e. The van der Waals surface area contributed by atoms with Crippen molar-refractivity contribution in [3.63, 3.8) is 0 Å². The van der Waals surface area contributed by atoms with E-state index in [1.165, 1.54) is 21.3 Å². The van der Waals surface area contributed by atoms with Crippen LogP contribution in [0.15, 0.2) is 12.1 Å². The van der Waals surface area contributed by atoms with Gasteiger partial charge in [-0.25, -0.2) is 0 Å². The van der Waals surface area contributed by atoms with E-state index in [0.29, 0.717) is 35.9 Å². The second-order valence-electron chi connectivity index (χ2n) is 3.97. The number of carboxylic acids is 1. The molecule has 0 fully saturated rings. The second kappa shape index (κ2) is 7.56. The van der Waals surface area contributed by atoms with E-state index in [-0.39, 0.29) is 0 Å². The van der Waals surface area contributed by atoms with Crippen molar-refractivity contribution in [3.05, 3.63) is 17.7 Å². The molecule has 0 heterocycles. The van der Waals surface area contributed by atoms with Gasteiger partial charge in [-0.2, -0.15) is 0 Å². The third-order valence-electron chi connectivity index (χ3n) is 2.76.